The summed E-state index contributed by atoms with van der Waals surface area (Å²) in [4.78, 5) is 10.8. The molecule has 0 fully saturated rings. The van der Waals surface area contributed by atoms with Crippen molar-refractivity contribution in [2.45, 2.75) is 0 Å². The third-order valence-corrected chi connectivity index (χ3v) is 0.953. The van der Waals surface area contributed by atoms with Crippen LogP contribution < -0.4 is 0 Å². The van der Waals surface area contributed by atoms with E-state index in [1.165, 1.54) is 18.2 Å². The molecule has 0 aliphatic heterocycles. The van der Waals surface area contributed by atoms with Gasteiger partial charge in [0.25, 0.3) is 0 Å². The van der Waals surface area contributed by atoms with Crippen LogP contribution in [0.25, 0.3) is 0 Å². The molecule has 2 nitrogen and oxygen atoms in total. The topological polar surface area (TPSA) is 40.9 Å². The molecule has 0 rings (SSSR count). The number of allylic oxidation sites excluding steroid dienone is 4. The highest BCUT2D eigenvalue weighted by atomic mass is 16.1. The molecule has 0 saturated carbocycles. The Morgan fingerprint density at radius 1 is 1.30 bits per heavy atom. The van der Waals surface area contributed by atoms with Crippen LogP contribution in [0.2, 0.25) is 0 Å². The first-order valence-corrected chi connectivity index (χ1v) is 2.76. The molecule has 0 heterocycles. The van der Waals surface area contributed by atoms with Crippen molar-refractivity contribution in [1.29, 1.82) is 5.41 Å². The summed E-state index contributed by atoms with van der Waals surface area (Å²) in [5.41, 5.74) is 0.394. The second kappa shape index (κ2) is 4.44. The van der Waals surface area contributed by atoms with Gasteiger partial charge in [-0.2, -0.15) is 0 Å². The quantitative estimate of drug-likeness (QED) is 0.354. The zero-order valence-corrected chi connectivity index (χ0v) is 5.63. The van der Waals surface area contributed by atoms with Crippen molar-refractivity contribution < 1.29 is 4.79 Å². The number of hydrogen-bond acceptors (Lipinski definition) is 2. The third kappa shape index (κ3) is 2.22. The summed E-state index contributed by atoms with van der Waals surface area (Å²) < 4.78 is 0. The molecule has 0 aliphatic rings. The fourth-order valence-corrected chi connectivity index (χ4v) is 0.458. The first-order valence-electron chi connectivity index (χ1n) is 2.76. The van der Waals surface area contributed by atoms with E-state index in [1.54, 1.807) is 0 Å². The minimum atomic E-state index is -0.210. The largest absolute Gasteiger partial charge is 0.309 e. The highest BCUT2D eigenvalue weighted by Crippen LogP contribution is 1.96. The van der Waals surface area contributed by atoms with Crippen LogP contribution in [0.3, 0.4) is 0 Å². The average molecular weight is 135 g/mol. The van der Waals surface area contributed by atoms with Gasteiger partial charge >= 0.3 is 0 Å². The minimum Gasteiger partial charge on any atom is -0.309 e. The minimum absolute atomic E-state index is 0.210. The summed E-state index contributed by atoms with van der Waals surface area (Å²) in [7, 11) is 0. The van der Waals surface area contributed by atoms with Crippen molar-refractivity contribution in [3.63, 3.8) is 0 Å². The summed E-state index contributed by atoms with van der Waals surface area (Å²) in [5.74, 6) is -0.210. The average Bonchev–Trinajstić information content (AvgIpc) is 1.99. The Kier molecular flexibility index (Phi) is 3.80. The SMILES string of the molecule is C=CC(=O)/C(C=C)=C/C=N. The van der Waals surface area contributed by atoms with Crippen LogP contribution in [0.4, 0.5) is 0 Å². The van der Waals surface area contributed by atoms with Crippen molar-refractivity contribution in [1.82, 2.24) is 0 Å². The monoisotopic (exact) mass is 135 g/mol. The standard InChI is InChI=1S/C8H9NO/c1-3-7(5-6-9)8(10)4-2/h3-6,9H,1-2H2/b7-5+,9-6?. The Balaban J connectivity index is 4.49. The molecule has 10 heavy (non-hydrogen) atoms. The highest BCUT2D eigenvalue weighted by Gasteiger charge is 1.96. The highest BCUT2D eigenvalue weighted by molar-refractivity contribution is 6.07. The van der Waals surface area contributed by atoms with E-state index in [0.717, 1.165) is 6.21 Å². The van der Waals surface area contributed by atoms with Crippen LogP contribution >= 0.6 is 0 Å². The van der Waals surface area contributed by atoms with E-state index in [2.05, 4.69) is 13.2 Å². The van der Waals surface area contributed by atoms with Gasteiger partial charge in [0.15, 0.2) is 5.78 Å². The van der Waals surface area contributed by atoms with Crippen molar-refractivity contribution in [2.24, 2.45) is 0 Å². The molecule has 0 amide bonds. The molecule has 0 unspecified atom stereocenters. The molecule has 0 aliphatic carbocycles. The molecule has 1 N–H and O–H groups in total. The van der Waals surface area contributed by atoms with Crippen molar-refractivity contribution >= 4 is 12.0 Å². The van der Waals surface area contributed by atoms with Gasteiger partial charge < -0.3 is 5.41 Å². The summed E-state index contributed by atoms with van der Waals surface area (Å²) in [6, 6.07) is 0. The van der Waals surface area contributed by atoms with Gasteiger partial charge in [-0.25, -0.2) is 0 Å². The van der Waals surface area contributed by atoms with Crippen LogP contribution in [0.5, 0.6) is 0 Å². The molecule has 52 valence electrons. The van der Waals surface area contributed by atoms with Crippen LogP contribution in [-0.2, 0) is 4.79 Å². The number of rotatable bonds is 4. The maximum Gasteiger partial charge on any atom is 0.185 e. The third-order valence-electron chi connectivity index (χ3n) is 0.953. The number of hydrogen-bond donors (Lipinski definition) is 1. The zero-order chi connectivity index (χ0) is 7.98. The Labute approximate surface area is 60.1 Å². The van der Waals surface area contributed by atoms with Gasteiger partial charge in [-0.3, -0.25) is 4.79 Å². The van der Waals surface area contributed by atoms with Crippen molar-refractivity contribution in [2.75, 3.05) is 0 Å². The van der Waals surface area contributed by atoms with E-state index in [9.17, 15) is 4.79 Å². The fraction of sp³-hybridized carbons (Fsp3) is 0. The van der Waals surface area contributed by atoms with E-state index in [-0.39, 0.29) is 5.78 Å². The predicted octanol–water partition coefficient (Wildman–Crippen LogP) is 1.50. The molecule has 0 saturated heterocycles. The molecule has 2 heteroatoms. The van der Waals surface area contributed by atoms with Crippen LogP contribution in [0.1, 0.15) is 0 Å². The van der Waals surface area contributed by atoms with E-state index >= 15 is 0 Å². The molecule has 0 radical (unpaired) electrons. The van der Waals surface area contributed by atoms with Gasteiger partial charge in [0, 0.05) is 11.8 Å². The van der Waals surface area contributed by atoms with Gasteiger partial charge in [0.2, 0.25) is 0 Å². The second-order valence-electron chi connectivity index (χ2n) is 1.56. The zero-order valence-electron chi connectivity index (χ0n) is 5.63. The maximum atomic E-state index is 10.8. The summed E-state index contributed by atoms with van der Waals surface area (Å²) in [5, 5.41) is 6.67. The lowest BCUT2D eigenvalue weighted by atomic mass is 10.1. The molecule has 0 aromatic carbocycles. The van der Waals surface area contributed by atoms with Crippen LogP contribution in [0.15, 0.2) is 37.0 Å². The molecule has 0 bridgehead atoms. The summed E-state index contributed by atoms with van der Waals surface area (Å²) >= 11 is 0. The lowest BCUT2D eigenvalue weighted by molar-refractivity contribution is -0.111. The molecule has 0 atom stereocenters. The maximum absolute atomic E-state index is 10.8. The Hall–Kier alpha value is -1.44. The Morgan fingerprint density at radius 2 is 1.90 bits per heavy atom. The number of ketones is 1. The number of carbonyl (C=O) groups is 1. The van der Waals surface area contributed by atoms with E-state index < -0.39 is 0 Å². The summed E-state index contributed by atoms with van der Waals surface area (Å²) in [6.07, 6.45) is 5.00. The van der Waals surface area contributed by atoms with E-state index in [0.29, 0.717) is 5.57 Å². The molecular weight excluding hydrogens is 126 g/mol. The normalized spacial score (nSPS) is 10.2. The van der Waals surface area contributed by atoms with Gasteiger partial charge in [-0.1, -0.05) is 19.2 Å². The van der Waals surface area contributed by atoms with Crippen LogP contribution in [0, 0.1) is 5.41 Å². The number of nitrogens with one attached hydrogen (secondary N) is 1. The summed E-state index contributed by atoms with van der Waals surface area (Å²) in [6.45, 7) is 6.71. The van der Waals surface area contributed by atoms with Crippen molar-refractivity contribution in [3.8, 4) is 0 Å². The van der Waals surface area contributed by atoms with Gasteiger partial charge in [-0.15, -0.1) is 0 Å². The van der Waals surface area contributed by atoms with Gasteiger partial charge in [0.1, 0.15) is 0 Å². The van der Waals surface area contributed by atoms with Crippen LogP contribution in [-0.4, -0.2) is 12.0 Å². The van der Waals surface area contributed by atoms with Gasteiger partial charge in [0.05, 0.1) is 0 Å². The van der Waals surface area contributed by atoms with E-state index in [4.69, 9.17) is 5.41 Å². The second-order valence-corrected chi connectivity index (χ2v) is 1.56. The van der Waals surface area contributed by atoms with Crippen molar-refractivity contribution in [3.05, 3.63) is 37.0 Å². The smallest absolute Gasteiger partial charge is 0.185 e. The Morgan fingerprint density at radius 3 is 2.20 bits per heavy atom. The van der Waals surface area contributed by atoms with E-state index in [1.807, 2.05) is 0 Å². The molecular formula is C8H9NO. The van der Waals surface area contributed by atoms with Gasteiger partial charge in [-0.05, 0) is 12.2 Å². The molecule has 0 spiro atoms. The fourth-order valence-electron chi connectivity index (χ4n) is 0.458. The number of carbonyl (C=O) groups excluding carboxylic acids is 1. The first kappa shape index (κ1) is 8.56. The first-order chi connectivity index (χ1) is 4.76. The predicted molar refractivity (Wildman–Crippen MR) is 42.3 cm³/mol. The lowest BCUT2D eigenvalue weighted by Crippen LogP contribution is -1.94. The molecule has 0 aromatic heterocycles. The molecule has 0 aromatic rings. The lowest BCUT2D eigenvalue weighted by Gasteiger charge is -1.90. The Bertz CT molecular complexity index is 201.